The molecule has 0 radical (unpaired) electrons. The fourth-order valence-corrected chi connectivity index (χ4v) is 9.48. The molecule has 52 heavy (non-hydrogen) atoms. The Labute approximate surface area is 302 Å². The van der Waals surface area contributed by atoms with Crippen molar-refractivity contribution in [2.24, 2.45) is 22.7 Å². The predicted molar refractivity (Wildman–Crippen MR) is 203 cm³/mol. The number of hydrogen-bond donors (Lipinski definition) is 3. The van der Waals surface area contributed by atoms with Crippen LogP contribution < -0.4 is 21.1 Å². The molecular weight excluding hydrogens is 677 g/mol. The Morgan fingerprint density at radius 3 is 2.06 bits per heavy atom. The van der Waals surface area contributed by atoms with Gasteiger partial charge in [-0.3, -0.25) is 18.9 Å². The molecule has 9 nitrogen and oxygen atoms in total. The maximum atomic E-state index is 14.1. The Kier molecular flexibility index (Phi) is 8.70. The van der Waals surface area contributed by atoms with E-state index in [0.717, 1.165) is 54.2 Å². The van der Waals surface area contributed by atoms with Crippen LogP contribution in [0.2, 0.25) is 0 Å². The molecular formula is C42H44N2O7S. The Bertz CT molecular complexity index is 2630. The number of hydrogen-bond acceptors (Lipinski definition) is 5. The van der Waals surface area contributed by atoms with Gasteiger partial charge in [0.2, 0.25) is 0 Å². The number of benzene rings is 2. The van der Waals surface area contributed by atoms with E-state index in [-0.39, 0.29) is 18.0 Å². The van der Waals surface area contributed by atoms with Gasteiger partial charge in [-0.2, -0.15) is 8.42 Å². The highest BCUT2D eigenvalue weighted by Gasteiger charge is 2.48. The van der Waals surface area contributed by atoms with Crippen LogP contribution in [0.25, 0.3) is 45.1 Å². The number of fused-ring (bicyclic) bond motifs is 6. The second-order valence-corrected chi connectivity index (χ2v) is 16.7. The van der Waals surface area contributed by atoms with Gasteiger partial charge in [-0.25, -0.2) is 3.97 Å². The quantitative estimate of drug-likeness (QED) is 0.117. The third kappa shape index (κ3) is 5.82. The number of nitrogens with one attached hydrogen (secondary N) is 1. The first-order valence-corrected chi connectivity index (χ1v) is 19.4. The summed E-state index contributed by atoms with van der Waals surface area (Å²) in [7, 11) is -4.69. The second kappa shape index (κ2) is 12.7. The van der Waals surface area contributed by atoms with Crippen molar-refractivity contribution in [1.82, 2.24) is 8.96 Å². The van der Waals surface area contributed by atoms with Crippen LogP contribution in [0.4, 0.5) is 0 Å². The van der Waals surface area contributed by atoms with Crippen LogP contribution in [0.1, 0.15) is 73.1 Å². The summed E-state index contributed by atoms with van der Waals surface area (Å²) in [6.07, 6.45) is 10.6. The Morgan fingerprint density at radius 1 is 0.827 bits per heavy atom. The van der Waals surface area contributed by atoms with Gasteiger partial charge in [0.15, 0.2) is 11.6 Å². The van der Waals surface area contributed by atoms with E-state index in [1.165, 1.54) is 0 Å². The number of carbonyl (C=O) groups is 3. The van der Waals surface area contributed by atoms with Gasteiger partial charge in [-0.05, 0) is 66.2 Å². The van der Waals surface area contributed by atoms with E-state index in [2.05, 4.69) is 44.0 Å². The number of carbonyl (C=O) groups excluding carboxylic acids is 2. The third-order valence-electron chi connectivity index (χ3n) is 11.0. The van der Waals surface area contributed by atoms with Crippen molar-refractivity contribution in [3.8, 4) is 0 Å². The largest absolute Gasteiger partial charge is 0.481 e. The topological polar surface area (TPSA) is 147 Å². The molecule has 2 aromatic heterocycles. The van der Waals surface area contributed by atoms with Gasteiger partial charge >= 0.3 is 16.3 Å². The van der Waals surface area contributed by atoms with E-state index in [1.54, 1.807) is 36.4 Å². The van der Waals surface area contributed by atoms with Gasteiger partial charge in [-0.15, -0.1) is 0 Å². The number of H-pyrrole nitrogens is 1. The summed E-state index contributed by atoms with van der Waals surface area (Å²) in [5, 5.41) is 14.0. The number of aliphatic carboxylic acids is 1. The SMILES string of the molecule is CCC1=c2c([nH]c3ccccc23)=CC(C)(C)/C1=C/C1C(=O)C(/C=C2/C(CCCCCC(=O)O)=c3c(n(S(=O)(=O)O)c4ccccc34)=CC2(C)C)C1=O. The number of aromatic nitrogens is 2. The number of allylic oxidation sites excluding steroid dienone is 4. The molecule has 270 valence electrons. The van der Waals surface area contributed by atoms with Crippen molar-refractivity contribution < 1.29 is 32.5 Å². The number of para-hydroxylation sites is 2. The van der Waals surface area contributed by atoms with Crippen LogP contribution in [-0.2, 0) is 24.7 Å². The summed E-state index contributed by atoms with van der Waals surface area (Å²) >= 11 is 0. The van der Waals surface area contributed by atoms with Crippen LogP contribution in [0.15, 0.2) is 71.8 Å². The van der Waals surface area contributed by atoms with Gasteiger partial charge in [0.1, 0.15) is 0 Å². The van der Waals surface area contributed by atoms with Crippen molar-refractivity contribution in [3.05, 3.63) is 93.0 Å². The van der Waals surface area contributed by atoms with Crippen molar-refractivity contribution >= 4 is 72.9 Å². The zero-order valence-electron chi connectivity index (χ0n) is 30.1. The molecule has 3 N–H and O–H groups in total. The zero-order chi connectivity index (χ0) is 37.3. The van der Waals surface area contributed by atoms with E-state index < -0.39 is 38.9 Å². The zero-order valence-corrected chi connectivity index (χ0v) is 30.9. The molecule has 4 aromatic rings. The standard InChI is InChI=1S/C42H44N2O7S/c1-6-24-30(41(2,3)22-33-37(24)26-15-10-12-17-32(26)43-33)20-28-39(47)29(40(28)48)21-31-25(14-8-7-9-19-36(45)46)38-27-16-11-13-18-34(27)44(52(49,50)51)35(38)23-42(31,4)5/h10-13,15-18,20-23,28-29,43H,6-9,14,19H2,1-5H3,(H,45,46)(H,49,50,51)/b30-20+,31-21-. The minimum atomic E-state index is -4.69. The normalized spacial score (nSPS) is 22.3. The lowest BCUT2D eigenvalue weighted by molar-refractivity contribution is -0.146. The minimum Gasteiger partial charge on any atom is -0.481 e. The molecule has 0 atom stereocenters. The molecule has 3 aliphatic rings. The third-order valence-corrected chi connectivity index (χ3v) is 11.9. The molecule has 3 aliphatic carbocycles. The molecule has 0 bridgehead atoms. The molecule has 2 heterocycles. The summed E-state index contributed by atoms with van der Waals surface area (Å²) in [6.45, 7) is 10.1. The van der Waals surface area contributed by atoms with E-state index in [0.29, 0.717) is 47.2 Å². The van der Waals surface area contributed by atoms with Gasteiger partial charge in [-0.1, -0.05) is 95.7 Å². The highest BCUT2D eigenvalue weighted by molar-refractivity contribution is 7.84. The van der Waals surface area contributed by atoms with E-state index in [4.69, 9.17) is 5.11 Å². The van der Waals surface area contributed by atoms with Crippen molar-refractivity contribution in [1.29, 1.82) is 0 Å². The van der Waals surface area contributed by atoms with Crippen molar-refractivity contribution in [2.75, 3.05) is 0 Å². The van der Waals surface area contributed by atoms with Crippen LogP contribution in [0, 0.1) is 22.7 Å². The molecule has 0 unspecified atom stereocenters. The van der Waals surface area contributed by atoms with E-state index in [1.807, 2.05) is 32.1 Å². The first-order valence-electron chi connectivity index (χ1n) is 18.0. The Balaban J connectivity index is 1.34. The number of rotatable bonds is 10. The average Bonchev–Trinajstić information content (AvgIpc) is 3.59. The lowest BCUT2D eigenvalue weighted by atomic mass is 9.65. The number of nitrogens with zero attached hydrogens (tertiary/aromatic N) is 1. The summed E-state index contributed by atoms with van der Waals surface area (Å²) in [5.41, 5.74) is 3.75. The second-order valence-electron chi connectivity index (χ2n) is 15.4. The first-order chi connectivity index (χ1) is 24.5. The molecule has 10 heteroatoms. The highest BCUT2D eigenvalue weighted by atomic mass is 32.2. The fraction of sp³-hybridized carbons (Fsp3) is 0.357. The van der Waals surface area contributed by atoms with E-state index in [9.17, 15) is 27.4 Å². The molecule has 0 saturated heterocycles. The monoisotopic (exact) mass is 720 g/mol. The molecule has 2 aromatic carbocycles. The molecule has 1 fully saturated rings. The number of unbranched alkanes of at least 4 members (excludes halogenated alkanes) is 2. The molecule has 0 aliphatic heterocycles. The van der Waals surface area contributed by atoms with Gasteiger partial charge in [0, 0.05) is 49.3 Å². The number of Topliss-reactive ketones (excluding diaryl/α,β-unsaturated/α-hetero) is 2. The average molecular weight is 721 g/mol. The van der Waals surface area contributed by atoms with Gasteiger partial charge in [0.25, 0.3) is 0 Å². The number of carboxylic acids is 1. The maximum absolute atomic E-state index is 14.1. The number of aromatic amines is 1. The van der Waals surface area contributed by atoms with Gasteiger partial charge < -0.3 is 10.1 Å². The maximum Gasteiger partial charge on any atom is 0.364 e. The summed E-state index contributed by atoms with van der Waals surface area (Å²) in [6, 6.07) is 15.1. The van der Waals surface area contributed by atoms with Crippen molar-refractivity contribution in [2.45, 2.75) is 73.1 Å². The van der Waals surface area contributed by atoms with Crippen molar-refractivity contribution in [3.63, 3.8) is 0 Å². The predicted octanol–water partition coefficient (Wildman–Crippen LogP) is 5.10. The van der Waals surface area contributed by atoms with Gasteiger partial charge in [0.05, 0.1) is 22.7 Å². The number of carboxylic acid groups (broad SMARTS) is 1. The lowest BCUT2D eigenvalue weighted by Crippen LogP contribution is -2.48. The summed E-state index contributed by atoms with van der Waals surface area (Å²) in [5.74, 6) is -3.07. The van der Waals surface area contributed by atoms with Crippen LogP contribution in [0.3, 0.4) is 0 Å². The smallest absolute Gasteiger partial charge is 0.364 e. The molecule has 0 amide bonds. The lowest BCUT2D eigenvalue weighted by Gasteiger charge is -2.36. The summed E-state index contributed by atoms with van der Waals surface area (Å²) in [4.78, 5) is 42.9. The Hall–Kier alpha value is -4.80. The van der Waals surface area contributed by atoms with Crippen LogP contribution >= 0.6 is 0 Å². The van der Waals surface area contributed by atoms with Crippen LogP contribution in [-0.4, -0.2) is 44.6 Å². The Morgan fingerprint density at radius 2 is 1.42 bits per heavy atom. The minimum absolute atomic E-state index is 0.0416. The highest BCUT2D eigenvalue weighted by Crippen LogP contribution is 2.44. The van der Waals surface area contributed by atoms with E-state index >= 15 is 0 Å². The van der Waals surface area contributed by atoms with Crippen LogP contribution in [0.5, 0.6) is 0 Å². The molecule has 1 saturated carbocycles. The summed E-state index contributed by atoms with van der Waals surface area (Å²) < 4.78 is 36.9. The molecule has 0 spiro atoms. The molecule has 7 rings (SSSR count). The number of ketones is 2. The fourth-order valence-electron chi connectivity index (χ4n) is 8.67. The first kappa shape index (κ1) is 35.6.